The highest BCUT2D eigenvalue weighted by molar-refractivity contribution is 5.10. The van der Waals surface area contributed by atoms with E-state index in [-0.39, 0.29) is 0 Å². The van der Waals surface area contributed by atoms with Gasteiger partial charge in [-0.1, -0.05) is 12.7 Å². The Morgan fingerprint density at radius 3 is 2.62 bits per heavy atom. The van der Waals surface area contributed by atoms with E-state index in [2.05, 4.69) is 16.8 Å². The zero-order valence-corrected chi connectivity index (χ0v) is 5.26. The van der Waals surface area contributed by atoms with Crippen molar-refractivity contribution in [3.05, 3.63) is 24.4 Å². The van der Waals surface area contributed by atoms with Crippen LogP contribution in [0, 0.1) is 0 Å². The lowest BCUT2D eigenvalue weighted by Crippen LogP contribution is -1.61. The number of rotatable bonds is 2. The van der Waals surface area contributed by atoms with E-state index in [0.717, 1.165) is 0 Å². The van der Waals surface area contributed by atoms with Gasteiger partial charge in [-0.3, -0.25) is 0 Å². The average Bonchev–Trinajstić information content (AvgIpc) is 1.68. The summed E-state index contributed by atoms with van der Waals surface area (Å²) in [5.41, 5.74) is 0.690. The van der Waals surface area contributed by atoms with Crippen LogP contribution in [0.25, 0.3) is 0 Å². The molecule has 0 aromatic carbocycles. The predicted molar refractivity (Wildman–Crippen MR) is 34.7 cm³/mol. The number of allylic oxidation sites excluding steroid dienone is 2. The number of azo groups is 1. The summed E-state index contributed by atoms with van der Waals surface area (Å²) < 4.78 is 0. The van der Waals surface area contributed by atoms with Crippen LogP contribution in [-0.4, -0.2) is 7.05 Å². The maximum absolute atomic E-state index is 3.66. The Hall–Kier alpha value is -0.920. The third kappa shape index (κ3) is 3.28. The van der Waals surface area contributed by atoms with Gasteiger partial charge in [0, 0.05) is 7.05 Å². The molecule has 8 heavy (non-hydrogen) atoms. The van der Waals surface area contributed by atoms with E-state index in [9.17, 15) is 0 Å². The molecule has 0 aliphatic carbocycles. The van der Waals surface area contributed by atoms with Crippen molar-refractivity contribution < 1.29 is 0 Å². The smallest absolute Gasteiger partial charge is 0.0777 e. The Balaban J connectivity index is 3.66. The first-order valence-electron chi connectivity index (χ1n) is 2.42. The highest BCUT2D eigenvalue weighted by Gasteiger charge is 1.74. The quantitative estimate of drug-likeness (QED) is 0.384. The van der Waals surface area contributed by atoms with E-state index < -0.39 is 0 Å². The van der Waals surface area contributed by atoms with Gasteiger partial charge in [-0.05, 0) is 13.0 Å². The average molecular weight is 110 g/mol. The standard InChI is InChI=1S/C6H10N2/c1-4-5-6(2)8-7-3/h4-5H,2H2,1,3H3/b5-4-,8-7?. The molecule has 0 aromatic rings. The van der Waals surface area contributed by atoms with E-state index in [1.807, 2.05) is 13.0 Å². The monoisotopic (exact) mass is 110 g/mol. The van der Waals surface area contributed by atoms with Crippen LogP contribution in [0.4, 0.5) is 0 Å². The maximum atomic E-state index is 3.66. The van der Waals surface area contributed by atoms with Crippen molar-refractivity contribution in [1.82, 2.24) is 0 Å². The zero-order chi connectivity index (χ0) is 6.41. The van der Waals surface area contributed by atoms with Crippen LogP contribution in [0.1, 0.15) is 6.92 Å². The van der Waals surface area contributed by atoms with Gasteiger partial charge in [0.25, 0.3) is 0 Å². The van der Waals surface area contributed by atoms with Crippen LogP contribution in [-0.2, 0) is 0 Å². The van der Waals surface area contributed by atoms with Gasteiger partial charge in [0.2, 0.25) is 0 Å². The molecule has 0 rings (SSSR count). The molecule has 0 aromatic heterocycles. The summed E-state index contributed by atoms with van der Waals surface area (Å²) in [5, 5.41) is 7.19. The summed E-state index contributed by atoms with van der Waals surface area (Å²) in [4.78, 5) is 0. The second-order valence-electron chi connectivity index (χ2n) is 1.29. The first-order chi connectivity index (χ1) is 3.81. The Morgan fingerprint density at radius 2 is 2.25 bits per heavy atom. The first-order valence-corrected chi connectivity index (χ1v) is 2.42. The van der Waals surface area contributed by atoms with Gasteiger partial charge in [-0.2, -0.15) is 10.2 Å². The van der Waals surface area contributed by atoms with Crippen molar-refractivity contribution >= 4 is 0 Å². The van der Waals surface area contributed by atoms with Crippen LogP contribution in [0.15, 0.2) is 34.7 Å². The summed E-state index contributed by atoms with van der Waals surface area (Å²) in [6, 6.07) is 0. The van der Waals surface area contributed by atoms with Crippen molar-refractivity contribution in [1.29, 1.82) is 0 Å². The molecule has 44 valence electrons. The van der Waals surface area contributed by atoms with Crippen molar-refractivity contribution in [2.45, 2.75) is 6.92 Å². The molecule has 0 atom stereocenters. The number of hydrogen-bond acceptors (Lipinski definition) is 2. The summed E-state index contributed by atoms with van der Waals surface area (Å²) in [6.45, 7) is 5.50. The van der Waals surface area contributed by atoms with Gasteiger partial charge in [0.1, 0.15) is 0 Å². The van der Waals surface area contributed by atoms with Crippen molar-refractivity contribution in [2.75, 3.05) is 7.05 Å². The molecule has 2 nitrogen and oxygen atoms in total. The predicted octanol–water partition coefficient (Wildman–Crippen LogP) is 2.16. The van der Waals surface area contributed by atoms with E-state index in [4.69, 9.17) is 0 Å². The Kier molecular flexibility index (Phi) is 3.76. The molecule has 0 amide bonds. The second kappa shape index (κ2) is 4.24. The molecule has 2 heteroatoms. The molecule has 0 heterocycles. The topological polar surface area (TPSA) is 24.7 Å². The molecule has 0 aliphatic heterocycles. The fourth-order valence-corrected chi connectivity index (χ4v) is 0.354. The molecule has 0 aliphatic rings. The van der Waals surface area contributed by atoms with E-state index >= 15 is 0 Å². The third-order valence-electron chi connectivity index (χ3n) is 0.587. The molecule has 0 unspecified atom stereocenters. The summed E-state index contributed by atoms with van der Waals surface area (Å²) >= 11 is 0. The van der Waals surface area contributed by atoms with Crippen LogP contribution in [0.3, 0.4) is 0 Å². The van der Waals surface area contributed by atoms with Gasteiger partial charge in [-0.15, -0.1) is 0 Å². The minimum atomic E-state index is 0.690. The van der Waals surface area contributed by atoms with Gasteiger partial charge in [0.05, 0.1) is 5.70 Å². The molecule has 0 saturated heterocycles. The Bertz CT molecular complexity index is 108. The lowest BCUT2D eigenvalue weighted by atomic mass is 10.4. The first kappa shape index (κ1) is 7.08. The SMILES string of the molecule is C=C(/C=C\C)N=NC. The summed E-state index contributed by atoms with van der Waals surface area (Å²) in [5.74, 6) is 0. The van der Waals surface area contributed by atoms with Crippen LogP contribution < -0.4 is 0 Å². The number of hydrogen-bond donors (Lipinski definition) is 0. The molecule has 0 bridgehead atoms. The largest absolute Gasteiger partial charge is 0.192 e. The summed E-state index contributed by atoms with van der Waals surface area (Å²) in [7, 11) is 1.62. The fourth-order valence-electron chi connectivity index (χ4n) is 0.354. The summed E-state index contributed by atoms with van der Waals surface area (Å²) in [6.07, 6.45) is 3.67. The molecule has 0 N–H and O–H groups in total. The molecule has 0 spiro atoms. The highest BCUT2D eigenvalue weighted by Crippen LogP contribution is 1.93. The third-order valence-corrected chi connectivity index (χ3v) is 0.587. The molecule has 0 saturated carbocycles. The number of nitrogens with zero attached hydrogens (tertiary/aromatic N) is 2. The van der Waals surface area contributed by atoms with Crippen molar-refractivity contribution in [3.63, 3.8) is 0 Å². The molecule has 0 radical (unpaired) electrons. The van der Waals surface area contributed by atoms with E-state index in [1.165, 1.54) is 0 Å². The van der Waals surface area contributed by atoms with Gasteiger partial charge < -0.3 is 0 Å². The maximum Gasteiger partial charge on any atom is 0.0777 e. The lowest BCUT2D eigenvalue weighted by molar-refractivity contribution is 1.12. The molecular formula is C6H10N2. The van der Waals surface area contributed by atoms with Crippen molar-refractivity contribution in [2.24, 2.45) is 10.2 Å². The minimum absolute atomic E-state index is 0.690. The van der Waals surface area contributed by atoms with Crippen LogP contribution in [0.2, 0.25) is 0 Å². The highest BCUT2D eigenvalue weighted by atomic mass is 15.1. The van der Waals surface area contributed by atoms with E-state index in [1.54, 1.807) is 13.1 Å². The lowest BCUT2D eigenvalue weighted by Gasteiger charge is -1.80. The van der Waals surface area contributed by atoms with Gasteiger partial charge >= 0.3 is 0 Å². The van der Waals surface area contributed by atoms with E-state index in [0.29, 0.717) is 5.70 Å². The zero-order valence-electron chi connectivity index (χ0n) is 5.26. The van der Waals surface area contributed by atoms with Crippen molar-refractivity contribution in [3.8, 4) is 0 Å². The molecular weight excluding hydrogens is 100 g/mol. The van der Waals surface area contributed by atoms with Gasteiger partial charge in [0.15, 0.2) is 0 Å². The van der Waals surface area contributed by atoms with Crippen LogP contribution in [0.5, 0.6) is 0 Å². The fraction of sp³-hybridized carbons (Fsp3) is 0.333. The second-order valence-corrected chi connectivity index (χ2v) is 1.29. The Labute approximate surface area is 49.6 Å². The normalized spacial score (nSPS) is 11.2. The minimum Gasteiger partial charge on any atom is -0.192 e. The van der Waals surface area contributed by atoms with Crippen LogP contribution >= 0.6 is 0 Å². The van der Waals surface area contributed by atoms with Gasteiger partial charge in [-0.25, -0.2) is 0 Å². The Morgan fingerprint density at radius 1 is 1.62 bits per heavy atom. The molecule has 0 fully saturated rings.